The molecule has 1 saturated carbocycles. The maximum Gasteiger partial charge on any atom is 0.135 e. The Morgan fingerprint density at radius 2 is 2.00 bits per heavy atom. The average Bonchev–Trinajstić information content (AvgIpc) is 3.19. The smallest absolute Gasteiger partial charge is 0.135 e. The van der Waals surface area contributed by atoms with Crippen molar-refractivity contribution in [1.29, 1.82) is 0 Å². The van der Waals surface area contributed by atoms with E-state index < -0.39 is 0 Å². The minimum atomic E-state index is -0.266. The van der Waals surface area contributed by atoms with Crippen molar-refractivity contribution in [2.45, 2.75) is 38.7 Å². The van der Waals surface area contributed by atoms with Crippen molar-refractivity contribution >= 4 is 11.6 Å². The molecule has 1 fully saturated rings. The van der Waals surface area contributed by atoms with Gasteiger partial charge in [-0.15, -0.1) is 0 Å². The lowest BCUT2D eigenvalue weighted by Gasteiger charge is -2.18. The molecule has 1 aliphatic carbocycles. The highest BCUT2D eigenvalue weighted by Gasteiger charge is 2.29. The molecule has 0 spiro atoms. The van der Waals surface area contributed by atoms with Crippen LogP contribution < -0.4 is 10.6 Å². The first kappa shape index (κ1) is 13.1. The summed E-state index contributed by atoms with van der Waals surface area (Å²) >= 11 is 0. The molecule has 3 N–H and O–H groups in total. The van der Waals surface area contributed by atoms with Gasteiger partial charge < -0.3 is 15.7 Å². The number of nitrogens with zero attached hydrogens (tertiary/aromatic N) is 2. The summed E-state index contributed by atoms with van der Waals surface area (Å²) < 4.78 is 0. The molecule has 1 unspecified atom stereocenters. The molecule has 0 aromatic carbocycles. The van der Waals surface area contributed by atoms with Crippen LogP contribution in [0, 0.1) is 5.92 Å². The van der Waals surface area contributed by atoms with Gasteiger partial charge in [0.25, 0.3) is 0 Å². The number of aliphatic hydroxyl groups excluding tert-OH is 1. The fourth-order valence-electron chi connectivity index (χ4n) is 2.13. The normalized spacial score (nSPS) is 16.7. The molecule has 2 rings (SSSR count). The van der Waals surface area contributed by atoms with Crippen LogP contribution in [-0.2, 0) is 0 Å². The van der Waals surface area contributed by atoms with Crippen LogP contribution >= 0.6 is 0 Å². The van der Waals surface area contributed by atoms with E-state index in [0.29, 0.717) is 18.4 Å². The number of hydrogen-bond donors (Lipinski definition) is 3. The van der Waals surface area contributed by atoms with Gasteiger partial charge in [-0.05, 0) is 24.7 Å². The molecule has 18 heavy (non-hydrogen) atoms. The summed E-state index contributed by atoms with van der Waals surface area (Å²) in [6.45, 7) is 4.79. The Bertz CT molecular complexity index is 404. The van der Waals surface area contributed by atoms with Crippen molar-refractivity contribution in [1.82, 2.24) is 9.97 Å². The molecule has 5 heteroatoms. The number of aromatic nitrogens is 2. The summed E-state index contributed by atoms with van der Waals surface area (Å²) in [5, 5.41) is 16.2. The van der Waals surface area contributed by atoms with E-state index >= 15 is 0 Å². The fourth-order valence-corrected chi connectivity index (χ4v) is 2.13. The zero-order chi connectivity index (χ0) is 13.1. The first-order chi connectivity index (χ1) is 8.63. The summed E-state index contributed by atoms with van der Waals surface area (Å²) in [5.41, 5.74) is 1.07. The van der Waals surface area contributed by atoms with Crippen LogP contribution in [0.4, 0.5) is 11.6 Å². The molecule has 1 atom stereocenters. The zero-order valence-corrected chi connectivity index (χ0v) is 11.3. The highest BCUT2D eigenvalue weighted by atomic mass is 16.3. The number of hydrogen-bond acceptors (Lipinski definition) is 5. The van der Waals surface area contributed by atoms with Gasteiger partial charge in [-0.1, -0.05) is 13.8 Å². The molecule has 100 valence electrons. The average molecular weight is 250 g/mol. The molecular formula is C13H22N4O. The summed E-state index contributed by atoms with van der Waals surface area (Å²) in [6, 6.07) is 0. The molecule has 1 heterocycles. The van der Waals surface area contributed by atoms with Gasteiger partial charge in [0.05, 0.1) is 6.10 Å². The van der Waals surface area contributed by atoms with Gasteiger partial charge >= 0.3 is 0 Å². The van der Waals surface area contributed by atoms with Gasteiger partial charge in [0.1, 0.15) is 18.0 Å². The van der Waals surface area contributed by atoms with Crippen molar-refractivity contribution in [3.63, 3.8) is 0 Å². The monoisotopic (exact) mass is 250 g/mol. The third kappa shape index (κ3) is 2.90. The van der Waals surface area contributed by atoms with Gasteiger partial charge in [-0.3, -0.25) is 0 Å². The zero-order valence-electron chi connectivity index (χ0n) is 11.3. The van der Waals surface area contributed by atoms with Crippen molar-refractivity contribution in [3.8, 4) is 0 Å². The van der Waals surface area contributed by atoms with E-state index in [-0.39, 0.29) is 6.10 Å². The molecule has 0 amide bonds. The van der Waals surface area contributed by atoms with Gasteiger partial charge in [-0.2, -0.15) is 0 Å². The molecule has 0 radical (unpaired) electrons. The van der Waals surface area contributed by atoms with E-state index in [4.69, 9.17) is 0 Å². The Morgan fingerprint density at radius 1 is 1.33 bits per heavy atom. The van der Waals surface area contributed by atoms with Crippen molar-refractivity contribution < 1.29 is 5.11 Å². The largest absolute Gasteiger partial charge is 0.391 e. The van der Waals surface area contributed by atoms with Gasteiger partial charge in [0.15, 0.2) is 0 Å². The minimum absolute atomic E-state index is 0.266. The van der Waals surface area contributed by atoms with Crippen LogP contribution in [0.15, 0.2) is 6.33 Å². The lowest BCUT2D eigenvalue weighted by molar-refractivity contribution is 0.164. The van der Waals surface area contributed by atoms with E-state index in [1.807, 2.05) is 7.05 Å². The highest BCUT2D eigenvalue weighted by molar-refractivity contribution is 5.58. The van der Waals surface area contributed by atoms with E-state index in [2.05, 4.69) is 34.4 Å². The third-order valence-corrected chi connectivity index (χ3v) is 3.34. The second kappa shape index (κ2) is 5.52. The lowest BCUT2D eigenvalue weighted by atomic mass is 10.0. The molecular weight excluding hydrogens is 228 g/mol. The Labute approximate surface area is 108 Å². The molecule has 1 aromatic heterocycles. The first-order valence-corrected chi connectivity index (χ1v) is 6.58. The minimum Gasteiger partial charge on any atom is -0.391 e. The summed E-state index contributed by atoms with van der Waals surface area (Å²) in [6.07, 6.45) is 3.57. The number of nitrogens with one attached hydrogen (secondary N) is 2. The molecule has 1 aromatic rings. The Morgan fingerprint density at radius 3 is 2.56 bits per heavy atom. The van der Waals surface area contributed by atoms with E-state index in [0.717, 1.165) is 30.0 Å². The van der Waals surface area contributed by atoms with Gasteiger partial charge in [0, 0.05) is 19.2 Å². The van der Waals surface area contributed by atoms with Crippen LogP contribution in [0.25, 0.3) is 0 Å². The maximum absolute atomic E-state index is 9.88. The first-order valence-electron chi connectivity index (χ1n) is 6.58. The van der Waals surface area contributed by atoms with Crippen molar-refractivity contribution in [3.05, 3.63) is 11.9 Å². The van der Waals surface area contributed by atoms with Crippen molar-refractivity contribution in [2.24, 2.45) is 5.92 Å². The number of rotatable bonds is 6. The van der Waals surface area contributed by atoms with Crippen LogP contribution in [0.1, 0.15) is 38.2 Å². The van der Waals surface area contributed by atoms with Crippen LogP contribution in [-0.4, -0.2) is 34.8 Å². The molecule has 5 nitrogen and oxygen atoms in total. The lowest BCUT2D eigenvalue weighted by Crippen LogP contribution is -2.23. The summed E-state index contributed by atoms with van der Waals surface area (Å²) in [4.78, 5) is 8.52. The van der Waals surface area contributed by atoms with Crippen LogP contribution in [0.2, 0.25) is 0 Å². The molecule has 0 aliphatic heterocycles. The molecule has 0 saturated heterocycles. The summed E-state index contributed by atoms with van der Waals surface area (Å²) in [5.74, 6) is 2.48. The van der Waals surface area contributed by atoms with E-state index in [1.165, 1.54) is 0 Å². The SMILES string of the molecule is CNc1ncnc(NCC(O)C2CC2)c1C(C)C. The van der Waals surface area contributed by atoms with Gasteiger partial charge in [0.2, 0.25) is 0 Å². The fraction of sp³-hybridized carbons (Fsp3) is 0.692. The van der Waals surface area contributed by atoms with Crippen molar-refractivity contribution in [2.75, 3.05) is 24.2 Å². The summed E-state index contributed by atoms with van der Waals surface area (Å²) in [7, 11) is 1.86. The predicted octanol–water partition coefficient (Wildman–Crippen LogP) is 1.82. The third-order valence-electron chi connectivity index (χ3n) is 3.34. The standard InChI is InChI=1S/C13H22N4O/c1-8(2)11-12(14-3)16-7-17-13(11)15-6-10(18)9-4-5-9/h7-10,18H,4-6H2,1-3H3,(H2,14,15,16,17). The number of anilines is 2. The Kier molecular flexibility index (Phi) is 4.01. The number of aliphatic hydroxyl groups is 1. The predicted molar refractivity (Wildman–Crippen MR) is 72.9 cm³/mol. The molecule has 0 bridgehead atoms. The second-order valence-electron chi connectivity index (χ2n) is 5.17. The van der Waals surface area contributed by atoms with Crippen LogP contribution in [0.3, 0.4) is 0 Å². The maximum atomic E-state index is 9.88. The molecule has 1 aliphatic rings. The van der Waals surface area contributed by atoms with E-state index in [9.17, 15) is 5.11 Å². The van der Waals surface area contributed by atoms with E-state index in [1.54, 1.807) is 6.33 Å². The Hall–Kier alpha value is -1.36. The van der Waals surface area contributed by atoms with Gasteiger partial charge in [-0.25, -0.2) is 9.97 Å². The highest BCUT2D eigenvalue weighted by Crippen LogP contribution is 2.33. The quantitative estimate of drug-likeness (QED) is 0.718. The second-order valence-corrected chi connectivity index (χ2v) is 5.17. The van der Waals surface area contributed by atoms with Crippen LogP contribution in [0.5, 0.6) is 0 Å². The topological polar surface area (TPSA) is 70.1 Å². The Balaban J connectivity index is 2.10.